The number of para-hydroxylation sites is 2. The smallest absolute Gasteiger partial charge is 0.260 e. The number of nitrogens with one attached hydrogen (secondary N) is 1. The third kappa shape index (κ3) is 3.89. The molecule has 2 heterocycles. The summed E-state index contributed by atoms with van der Waals surface area (Å²) in [6.45, 7) is 0.0886. The van der Waals surface area contributed by atoms with Crippen molar-refractivity contribution < 1.29 is 4.79 Å². The largest absolute Gasteiger partial charge is 0.313 e. The number of nitrogens with zero attached hydrogens (tertiary/aromatic N) is 4. The molecule has 0 radical (unpaired) electrons. The molecular weight excluding hydrogens is 382 g/mol. The molecule has 1 N–H and O–H groups in total. The summed E-state index contributed by atoms with van der Waals surface area (Å²) in [6.07, 6.45) is 1.57. The summed E-state index contributed by atoms with van der Waals surface area (Å²) in [4.78, 5) is 21.4. The van der Waals surface area contributed by atoms with Gasteiger partial charge in [-0.3, -0.25) is 4.79 Å². The van der Waals surface area contributed by atoms with Crippen LogP contribution in [0.2, 0.25) is 5.02 Å². The van der Waals surface area contributed by atoms with E-state index < -0.39 is 0 Å². The van der Waals surface area contributed by atoms with Crippen LogP contribution in [-0.2, 0) is 11.3 Å². The minimum Gasteiger partial charge on any atom is -0.313 e. The van der Waals surface area contributed by atoms with Crippen LogP contribution >= 0.6 is 22.9 Å². The van der Waals surface area contributed by atoms with E-state index in [2.05, 4.69) is 20.5 Å². The maximum atomic E-state index is 12.4. The maximum Gasteiger partial charge on any atom is 0.260 e. The van der Waals surface area contributed by atoms with Crippen molar-refractivity contribution in [1.82, 2.24) is 20.0 Å². The van der Waals surface area contributed by atoms with E-state index in [-0.39, 0.29) is 12.5 Å². The Balaban J connectivity index is 1.55. The minimum absolute atomic E-state index is 0.0886. The topological polar surface area (TPSA) is 72.2 Å². The average Bonchev–Trinajstić information content (AvgIpc) is 3.32. The van der Waals surface area contributed by atoms with Crippen LogP contribution in [0.3, 0.4) is 0 Å². The summed E-state index contributed by atoms with van der Waals surface area (Å²) in [6, 6.07) is 14.9. The van der Waals surface area contributed by atoms with E-state index in [1.165, 1.54) is 11.3 Å². The fraction of sp³-hybridized carbons (Fsp3) is 0.0526. The van der Waals surface area contributed by atoms with E-state index >= 15 is 0 Å². The van der Waals surface area contributed by atoms with Gasteiger partial charge in [0.05, 0.1) is 22.8 Å². The normalized spacial score (nSPS) is 11.3. The number of fused-ring (bicyclic) bond motifs is 1. The van der Waals surface area contributed by atoms with E-state index in [1.54, 1.807) is 23.9 Å². The third-order valence-corrected chi connectivity index (χ3v) is 4.73. The zero-order chi connectivity index (χ0) is 18.6. The molecule has 0 saturated heterocycles. The fourth-order valence-corrected chi connectivity index (χ4v) is 3.32. The minimum atomic E-state index is -0.250. The molecule has 8 heteroatoms. The summed E-state index contributed by atoms with van der Waals surface area (Å²) < 4.78 is 1.84. The molecule has 0 aliphatic rings. The molecule has 27 heavy (non-hydrogen) atoms. The van der Waals surface area contributed by atoms with E-state index in [4.69, 9.17) is 11.6 Å². The molecule has 0 spiro atoms. The Morgan fingerprint density at radius 1 is 1.22 bits per heavy atom. The van der Waals surface area contributed by atoms with Crippen molar-refractivity contribution in [2.24, 2.45) is 5.10 Å². The van der Waals surface area contributed by atoms with Crippen LogP contribution in [0.25, 0.3) is 22.6 Å². The van der Waals surface area contributed by atoms with Gasteiger partial charge in [-0.1, -0.05) is 35.9 Å². The summed E-state index contributed by atoms with van der Waals surface area (Å²) in [5.74, 6) is 0.411. The zero-order valence-corrected chi connectivity index (χ0v) is 15.6. The third-order valence-electron chi connectivity index (χ3n) is 3.89. The van der Waals surface area contributed by atoms with Crippen molar-refractivity contribution in [2.45, 2.75) is 6.54 Å². The number of hydrazone groups is 1. The maximum absolute atomic E-state index is 12.4. The highest BCUT2D eigenvalue weighted by Gasteiger charge is 2.16. The zero-order valence-electron chi connectivity index (χ0n) is 14.0. The Bertz CT molecular complexity index is 1100. The van der Waals surface area contributed by atoms with E-state index in [1.807, 2.05) is 46.3 Å². The van der Waals surface area contributed by atoms with Gasteiger partial charge in [-0.15, -0.1) is 11.3 Å². The van der Waals surface area contributed by atoms with Crippen LogP contribution in [0.1, 0.15) is 5.56 Å². The molecule has 6 nitrogen and oxygen atoms in total. The van der Waals surface area contributed by atoms with E-state index in [0.29, 0.717) is 10.8 Å². The van der Waals surface area contributed by atoms with Crippen LogP contribution in [0.5, 0.6) is 0 Å². The molecule has 2 aromatic heterocycles. The molecule has 0 fully saturated rings. The molecule has 2 aromatic carbocycles. The standard InChI is InChI=1S/C19H14ClN5OS/c20-14-7-5-13(6-8-14)9-22-24-18(26)10-25-17-4-2-1-3-15(17)23-19(25)16-11-27-12-21-16/h1-9,11-12H,10H2,(H,24,26). The van der Waals surface area contributed by atoms with Gasteiger partial charge in [0.25, 0.3) is 5.91 Å². The first-order valence-corrected chi connectivity index (χ1v) is 9.44. The number of benzene rings is 2. The van der Waals surface area contributed by atoms with Gasteiger partial charge >= 0.3 is 0 Å². The Kier molecular flexibility index (Phi) is 4.95. The van der Waals surface area contributed by atoms with Gasteiger partial charge in [-0.2, -0.15) is 5.10 Å². The van der Waals surface area contributed by atoms with Crippen molar-refractivity contribution in [2.75, 3.05) is 0 Å². The number of carbonyl (C=O) groups is 1. The quantitative estimate of drug-likeness (QED) is 0.410. The van der Waals surface area contributed by atoms with Crippen molar-refractivity contribution >= 4 is 46.1 Å². The van der Waals surface area contributed by atoms with Crippen molar-refractivity contribution in [1.29, 1.82) is 0 Å². The molecule has 4 rings (SSSR count). The number of hydrogen-bond acceptors (Lipinski definition) is 5. The van der Waals surface area contributed by atoms with Gasteiger partial charge in [0.15, 0.2) is 5.82 Å². The Morgan fingerprint density at radius 3 is 2.81 bits per heavy atom. The first-order chi connectivity index (χ1) is 13.2. The first-order valence-electron chi connectivity index (χ1n) is 8.12. The van der Waals surface area contributed by atoms with Crippen molar-refractivity contribution in [3.63, 3.8) is 0 Å². The molecule has 0 bridgehead atoms. The molecule has 134 valence electrons. The van der Waals surface area contributed by atoms with Crippen LogP contribution in [0.4, 0.5) is 0 Å². The lowest BCUT2D eigenvalue weighted by molar-refractivity contribution is -0.121. The second-order valence-corrected chi connectivity index (χ2v) is 6.88. The number of aromatic nitrogens is 3. The second-order valence-electron chi connectivity index (χ2n) is 5.73. The van der Waals surface area contributed by atoms with Crippen LogP contribution in [0.15, 0.2) is 64.5 Å². The van der Waals surface area contributed by atoms with Gasteiger partial charge < -0.3 is 4.57 Å². The number of halogens is 1. The number of carbonyl (C=O) groups excluding carboxylic acids is 1. The van der Waals surface area contributed by atoms with Crippen molar-refractivity contribution in [3.8, 4) is 11.5 Å². The Morgan fingerprint density at radius 2 is 2.04 bits per heavy atom. The predicted octanol–water partition coefficient (Wildman–Crippen LogP) is 3.96. The van der Waals surface area contributed by atoms with Gasteiger partial charge in [0.1, 0.15) is 12.2 Å². The monoisotopic (exact) mass is 395 g/mol. The molecule has 4 aromatic rings. The number of thiazole rings is 1. The van der Waals surface area contributed by atoms with Crippen LogP contribution < -0.4 is 5.43 Å². The number of amides is 1. The number of hydrogen-bond donors (Lipinski definition) is 1. The van der Waals surface area contributed by atoms with Gasteiger partial charge in [-0.25, -0.2) is 15.4 Å². The van der Waals surface area contributed by atoms with Gasteiger partial charge in [0, 0.05) is 10.4 Å². The summed E-state index contributed by atoms with van der Waals surface area (Å²) in [7, 11) is 0. The Hall–Kier alpha value is -3.03. The summed E-state index contributed by atoms with van der Waals surface area (Å²) in [5, 5.41) is 6.57. The van der Waals surface area contributed by atoms with Gasteiger partial charge in [-0.05, 0) is 29.8 Å². The lowest BCUT2D eigenvalue weighted by Gasteiger charge is -2.06. The second kappa shape index (κ2) is 7.69. The summed E-state index contributed by atoms with van der Waals surface area (Å²) in [5.41, 5.74) is 7.58. The first kappa shape index (κ1) is 17.4. The molecule has 0 atom stereocenters. The van der Waals surface area contributed by atoms with Crippen LogP contribution in [0, 0.1) is 0 Å². The van der Waals surface area contributed by atoms with Crippen LogP contribution in [-0.4, -0.2) is 26.7 Å². The number of rotatable bonds is 5. The molecular formula is C19H14ClN5OS. The molecule has 0 saturated carbocycles. The van der Waals surface area contributed by atoms with Crippen molar-refractivity contribution in [3.05, 3.63) is 70.0 Å². The highest BCUT2D eigenvalue weighted by atomic mass is 35.5. The fourth-order valence-electron chi connectivity index (χ4n) is 2.66. The molecule has 1 amide bonds. The number of imidazole rings is 1. The lowest BCUT2D eigenvalue weighted by Crippen LogP contribution is -2.23. The van der Waals surface area contributed by atoms with Gasteiger partial charge in [0.2, 0.25) is 0 Å². The Labute approximate surface area is 164 Å². The SMILES string of the molecule is O=C(Cn1c(-c2cscn2)nc2ccccc21)NN=Cc1ccc(Cl)cc1. The molecule has 0 aliphatic carbocycles. The molecule has 0 unspecified atom stereocenters. The average molecular weight is 396 g/mol. The van der Waals surface area contributed by atoms with E-state index in [0.717, 1.165) is 22.3 Å². The summed E-state index contributed by atoms with van der Waals surface area (Å²) >= 11 is 7.34. The highest BCUT2D eigenvalue weighted by Crippen LogP contribution is 2.24. The highest BCUT2D eigenvalue weighted by molar-refractivity contribution is 7.07. The predicted molar refractivity (Wildman–Crippen MR) is 108 cm³/mol. The molecule has 0 aliphatic heterocycles. The van der Waals surface area contributed by atoms with E-state index in [9.17, 15) is 4.79 Å². The lowest BCUT2D eigenvalue weighted by atomic mass is 10.2.